The van der Waals surface area contributed by atoms with Gasteiger partial charge in [0.05, 0.1) is 18.4 Å². The van der Waals surface area contributed by atoms with E-state index in [1.54, 1.807) is 11.3 Å². The molecule has 0 spiro atoms. The smallest absolute Gasteiger partial charge is 0.341 e. The fraction of sp³-hybridized carbons (Fsp3) is 0.280. The summed E-state index contributed by atoms with van der Waals surface area (Å²) in [5, 5.41) is 7.60. The number of thiocarbonyl (C=S) groups is 1. The zero-order chi connectivity index (χ0) is 22.3. The highest BCUT2D eigenvalue weighted by atomic mass is 32.1. The van der Waals surface area contributed by atoms with E-state index < -0.39 is 0 Å². The number of carbonyl (C=O) groups excluding carboxylic acids is 1. The van der Waals surface area contributed by atoms with Gasteiger partial charge in [-0.15, -0.1) is 11.3 Å². The lowest BCUT2D eigenvalue weighted by molar-refractivity contribution is 0.0601. The monoisotopic (exact) mass is 466 g/mol. The van der Waals surface area contributed by atoms with Crippen molar-refractivity contribution in [3.63, 3.8) is 0 Å². The molecule has 3 aromatic rings. The van der Waals surface area contributed by atoms with E-state index in [0.717, 1.165) is 47.7 Å². The maximum absolute atomic E-state index is 12.6. The molecule has 0 saturated carbocycles. The number of benzene rings is 2. The average molecular weight is 467 g/mol. The van der Waals surface area contributed by atoms with Gasteiger partial charge in [-0.1, -0.05) is 43.2 Å². The lowest BCUT2D eigenvalue weighted by atomic mass is 9.96. The van der Waals surface area contributed by atoms with Crippen molar-refractivity contribution in [2.45, 2.75) is 38.5 Å². The number of para-hydroxylation sites is 3. The summed E-state index contributed by atoms with van der Waals surface area (Å²) in [7, 11) is 1.42. The molecule has 5 nitrogen and oxygen atoms in total. The highest BCUT2D eigenvalue weighted by Crippen LogP contribution is 2.38. The Morgan fingerprint density at radius 3 is 2.44 bits per heavy atom. The van der Waals surface area contributed by atoms with Crippen molar-refractivity contribution in [1.29, 1.82) is 0 Å². The second kappa shape index (κ2) is 10.6. The first-order chi connectivity index (χ1) is 15.7. The fourth-order valence-corrected chi connectivity index (χ4v) is 5.42. The highest BCUT2D eigenvalue weighted by Gasteiger charge is 2.25. The Bertz CT molecular complexity index is 1100. The number of nitrogens with one attached hydrogen (secondary N) is 2. The van der Waals surface area contributed by atoms with E-state index >= 15 is 0 Å². The molecular formula is C25H26N2O3S2. The molecule has 1 aliphatic rings. The highest BCUT2D eigenvalue weighted by molar-refractivity contribution is 7.80. The van der Waals surface area contributed by atoms with Crippen molar-refractivity contribution < 1.29 is 14.3 Å². The third kappa shape index (κ3) is 5.29. The van der Waals surface area contributed by atoms with Crippen LogP contribution in [0.2, 0.25) is 0 Å². The Hall–Kier alpha value is -2.90. The second-order valence-electron chi connectivity index (χ2n) is 7.60. The molecule has 2 aromatic carbocycles. The van der Waals surface area contributed by atoms with Gasteiger partial charge in [-0.2, -0.15) is 0 Å². The summed E-state index contributed by atoms with van der Waals surface area (Å²) in [6, 6.07) is 17.2. The van der Waals surface area contributed by atoms with Crippen LogP contribution in [0.15, 0.2) is 54.6 Å². The van der Waals surface area contributed by atoms with E-state index in [4.69, 9.17) is 21.7 Å². The zero-order valence-electron chi connectivity index (χ0n) is 18.0. The maximum Gasteiger partial charge on any atom is 0.341 e. The number of carbonyl (C=O) groups is 1. The molecule has 4 rings (SSSR count). The fourth-order valence-electron chi connectivity index (χ4n) is 3.86. The molecule has 0 radical (unpaired) electrons. The number of hydrogen-bond acceptors (Lipinski definition) is 5. The van der Waals surface area contributed by atoms with Gasteiger partial charge in [0.1, 0.15) is 10.8 Å². The molecule has 1 heterocycles. The van der Waals surface area contributed by atoms with Crippen molar-refractivity contribution in [2.24, 2.45) is 0 Å². The maximum atomic E-state index is 12.6. The molecule has 0 fully saturated rings. The summed E-state index contributed by atoms with van der Waals surface area (Å²) in [5.74, 6) is 1.09. The van der Waals surface area contributed by atoms with Crippen LogP contribution in [0.5, 0.6) is 11.5 Å². The van der Waals surface area contributed by atoms with Crippen LogP contribution in [0.4, 0.5) is 10.7 Å². The number of thiophene rings is 1. The van der Waals surface area contributed by atoms with Crippen LogP contribution in [-0.2, 0) is 17.6 Å². The van der Waals surface area contributed by atoms with Crippen LogP contribution in [0.1, 0.15) is 46.5 Å². The quantitative estimate of drug-likeness (QED) is 0.319. The molecule has 0 amide bonds. The number of aryl methyl sites for hydroxylation is 1. The van der Waals surface area contributed by atoms with Gasteiger partial charge in [-0.3, -0.25) is 0 Å². The lowest BCUT2D eigenvalue weighted by Crippen LogP contribution is -2.20. The van der Waals surface area contributed by atoms with Crippen LogP contribution in [0.25, 0.3) is 0 Å². The second-order valence-corrected chi connectivity index (χ2v) is 9.12. The molecule has 0 aliphatic heterocycles. The number of rotatable bonds is 5. The largest absolute Gasteiger partial charge is 0.465 e. The summed E-state index contributed by atoms with van der Waals surface area (Å²) < 4.78 is 11.1. The predicted octanol–water partition coefficient (Wildman–Crippen LogP) is 6.79. The van der Waals surface area contributed by atoms with E-state index in [0.29, 0.717) is 16.4 Å². The van der Waals surface area contributed by atoms with E-state index in [1.807, 2.05) is 54.6 Å². The van der Waals surface area contributed by atoms with E-state index in [1.165, 1.54) is 24.8 Å². The van der Waals surface area contributed by atoms with Gasteiger partial charge < -0.3 is 20.1 Å². The van der Waals surface area contributed by atoms with Crippen molar-refractivity contribution in [3.8, 4) is 11.5 Å². The number of methoxy groups -OCH3 is 1. The Kier molecular flexibility index (Phi) is 7.39. The topological polar surface area (TPSA) is 59.6 Å². The third-order valence-electron chi connectivity index (χ3n) is 5.39. The molecule has 0 saturated heterocycles. The van der Waals surface area contributed by atoms with Crippen LogP contribution >= 0.6 is 23.6 Å². The van der Waals surface area contributed by atoms with Crippen molar-refractivity contribution in [3.05, 3.63) is 70.6 Å². The number of fused-ring (bicyclic) bond motifs is 1. The minimum atomic E-state index is -0.318. The van der Waals surface area contributed by atoms with Gasteiger partial charge in [0.25, 0.3) is 0 Å². The van der Waals surface area contributed by atoms with Crippen LogP contribution < -0.4 is 15.4 Å². The van der Waals surface area contributed by atoms with Crippen molar-refractivity contribution >= 4 is 45.3 Å². The molecule has 0 unspecified atom stereocenters. The first kappa shape index (κ1) is 22.3. The number of anilines is 2. The average Bonchev–Trinajstić information content (AvgIpc) is 3.11. The SMILES string of the molecule is COC(=O)c1c(NC(=S)Nc2ccccc2Oc2ccccc2)sc2c1CCCCCC2. The van der Waals surface area contributed by atoms with E-state index in [-0.39, 0.29) is 5.97 Å². The Morgan fingerprint density at radius 1 is 0.938 bits per heavy atom. The van der Waals surface area contributed by atoms with E-state index in [2.05, 4.69) is 10.6 Å². The summed E-state index contributed by atoms with van der Waals surface area (Å²) in [5.41, 5.74) is 2.47. The van der Waals surface area contributed by atoms with Crippen molar-refractivity contribution in [2.75, 3.05) is 17.7 Å². The standard InChI is InChI=1S/C25H26N2O3S2/c1-29-24(28)22-18-13-7-2-3-8-16-21(18)32-23(22)27-25(31)26-19-14-9-10-15-20(19)30-17-11-5-4-6-12-17/h4-6,9-12,14-15H,2-3,7-8,13,16H2,1H3,(H2,26,27,31). The first-order valence-corrected chi connectivity index (χ1v) is 12.0. The first-order valence-electron chi connectivity index (χ1n) is 10.8. The molecule has 1 aromatic heterocycles. The summed E-state index contributed by atoms with van der Waals surface area (Å²) in [4.78, 5) is 13.9. The van der Waals surface area contributed by atoms with Gasteiger partial charge in [0, 0.05) is 4.88 Å². The Labute approximate surface area is 197 Å². The molecular weight excluding hydrogens is 440 g/mol. The normalized spacial score (nSPS) is 13.3. The van der Waals surface area contributed by atoms with Gasteiger partial charge in [0.2, 0.25) is 0 Å². The van der Waals surface area contributed by atoms with Gasteiger partial charge >= 0.3 is 5.97 Å². The van der Waals surface area contributed by atoms with Crippen LogP contribution in [-0.4, -0.2) is 18.2 Å². The van der Waals surface area contributed by atoms with Gasteiger partial charge in [0.15, 0.2) is 10.9 Å². The summed E-state index contributed by atoms with van der Waals surface area (Å²) in [6.45, 7) is 0. The van der Waals surface area contributed by atoms with E-state index in [9.17, 15) is 4.79 Å². The number of esters is 1. The lowest BCUT2D eigenvalue weighted by Gasteiger charge is -2.15. The Morgan fingerprint density at radius 2 is 1.66 bits per heavy atom. The molecule has 166 valence electrons. The summed E-state index contributed by atoms with van der Waals surface area (Å²) >= 11 is 7.20. The summed E-state index contributed by atoms with van der Waals surface area (Å²) in [6.07, 6.45) is 6.52. The molecule has 32 heavy (non-hydrogen) atoms. The molecule has 1 aliphatic carbocycles. The minimum Gasteiger partial charge on any atom is -0.465 e. The van der Waals surface area contributed by atoms with Gasteiger partial charge in [-0.05, 0) is 67.7 Å². The molecule has 0 atom stereocenters. The minimum absolute atomic E-state index is 0.318. The molecule has 0 bridgehead atoms. The number of ether oxygens (including phenoxy) is 2. The number of hydrogen-bond donors (Lipinski definition) is 2. The van der Waals surface area contributed by atoms with Crippen molar-refractivity contribution in [1.82, 2.24) is 0 Å². The van der Waals surface area contributed by atoms with Crippen LogP contribution in [0, 0.1) is 0 Å². The third-order valence-corrected chi connectivity index (χ3v) is 6.81. The Balaban J connectivity index is 1.55. The van der Waals surface area contributed by atoms with Crippen LogP contribution in [0.3, 0.4) is 0 Å². The zero-order valence-corrected chi connectivity index (χ0v) is 19.6. The predicted molar refractivity (Wildman–Crippen MR) is 134 cm³/mol. The van der Waals surface area contributed by atoms with Gasteiger partial charge in [-0.25, -0.2) is 4.79 Å². The molecule has 2 N–H and O–H groups in total. The molecule has 7 heteroatoms.